The predicted molar refractivity (Wildman–Crippen MR) is 55.8 cm³/mol. The highest BCUT2D eigenvalue weighted by molar-refractivity contribution is 7.91. The van der Waals surface area contributed by atoms with Crippen LogP contribution in [0.25, 0.3) is 0 Å². The molecule has 3 nitrogen and oxygen atoms in total. The van der Waals surface area contributed by atoms with E-state index in [1.807, 2.05) is 0 Å². The van der Waals surface area contributed by atoms with Gasteiger partial charge in [-0.3, -0.25) is 0 Å². The van der Waals surface area contributed by atoms with Crippen LogP contribution in [0.15, 0.2) is 0 Å². The zero-order valence-electron chi connectivity index (χ0n) is 8.61. The fourth-order valence-electron chi connectivity index (χ4n) is 2.08. The Balaban J connectivity index is 2.58. The molecule has 0 aromatic carbocycles. The molecule has 0 amide bonds. The lowest BCUT2D eigenvalue weighted by atomic mass is 9.94. The molecular formula is C10H18O3S. The van der Waals surface area contributed by atoms with Gasteiger partial charge in [0.1, 0.15) is 6.29 Å². The maximum Gasteiger partial charge on any atom is 0.150 e. The van der Waals surface area contributed by atoms with Gasteiger partial charge in [-0.2, -0.15) is 0 Å². The summed E-state index contributed by atoms with van der Waals surface area (Å²) in [6.07, 6.45) is 5.15. The third-order valence-electron chi connectivity index (χ3n) is 3.07. The van der Waals surface area contributed by atoms with Crippen molar-refractivity contribution < 1.29 is 13.2 Å². The fraction of sp³-hybridized carbons (Fsp3) is 0.900. The molecule has 0 bridgehead atoms. The van der Waals surface area contributed by atoms with Crippen LogP contribution in [0, 0.1) is 11.8 Å². The molecule has 1 fully saturated rings. The number of hydrogen-bond donors (Lipinski definition) is 0. The highest BCUT2D eigenvalue weighted by Crippen LogP contribution is 2.31. The van der Waals surface area contributed by atoms with Crippen LogP contribution in [-0.2, 0) is 14.6 Å². The molecule has 4 heteroatoms. The van der Waals surface area contributed by atoms with Gasteiger partial charge in [-0.05, 0) is 18.8 Å². The van der Waals surface area contributed by atoms with E-state index in [-0.39, 0.29) is 17.4 Å². The number of rotatable bonds is 5. The van der Waals surface area contributed by atoms with Crippen molar-refractivity contribution in [2.24, 2.45) is 11.8 Å². The maximum atomic E-state index is 11.4. The van der Waals surface area contributed by atoms with E-state index in [0.717, 1.165) is 32.0 Å². The van der Waals surface area contributed by atoms with Crippen LogP contribution in [0.5, 0.6) is 0 Å². The quantitative estimate of drug-likeness (QED) is 0.656. The summed E-state index contributed by atoms with van der Waals surface area (Å²) in [5, 5.41) is 0. The number of carbonyl (C=O) groups excluding carboxylic acids is 1. The Kier molecular flexibility index (Phi) is 4.11. The van der Waals surface area contributed by atoms with E-state index in [0.29, 0.717) is 5.92 Å². The van der Waals surface area contributed by atoms with Crippen LogP contribution in [0.4, 0.5) is 0 Å². The van der Waals surface area contributed by atoms with Crippen LogP contribution < -0.4 is 0 Å². The van der Waals surface area contributed by atoms with Crippen molar-refractivity contribution in [2.45, 2.75) is 32.6 Å². The third kappa shape index (κ3) is 3.08. The van der Waals surface area contributed by atoms with Gasteiger partial charge in [0.15, 0.2) is 9.84 Å². The molecule has 0 N–H and O–H groups in total. The first-order chi connectivity index (χ1) is 6.59. The first kappa shape index (κ1) is 11.7. The van der Waals surface area contributed by atoms with Crippen molar-refractivity contribution in [3.8, 4) is 0 Å². The van der Waals surface area contributed by atoms with Gasteiger partial charge in [0, 0.05) is 11.7 Å². The Morgan fingerprint density at radius 2 is 1.93 bits per heavy atom. The number of hydrogen-bond acceptors (Lipinski definition) is 3. The molecule has 0 spiro atoms. The van der Waals surface area contributed by atoms with Crippen LogP contribution in [0.1, 0.15) is 32.6 Å². The van der Waals surface area contributed by atoms with Crippen LogP contribution in [0.2, 0.25) is 0 Å². The first-order valence-corrected chi connectivity index (χ1v) is 7.07. The molecule has 0 heterocycles. The molecule has 0 unspecified atom stereocenters. The third-order valence-corrected chi connectivity index (χ3v) is 4.84. The van der Waals surface area contributed by atoms with Crippen LogP contribution in [0.3, 0.4) is 0 Å². The molecular weight excluding hydrogens is 200 g/mol. The molecule has 1 rings (SSSR count). The molecule has 14 heavy (non-hydrogen) atoms. The largest absolute Gasteiger partial charge is 0.303 e. The van der Waals surface area contributed by atoms with Gasteiger partial charge in [0.2, 0.25) is 0 Å². The molecule has 1 aliphatic rings. The summed E-state index contributed by atoms with van der Waals surface area (Å²) >= 11 is 0. The molecule has 1 aliphatic carbocycles. The predicted octanol–water partition coefficient (Wildman–Crippen LogP) is 1.43. The second-order valence-corrected chi connectivity index (χ2v) is 6.44. The minimum absolute atomic E-state index is 0.0532. The maximum absolute atomic E-state index is 11.4. The van der Waals surface area contributed by atoms with Gasteiger partial charge in [-0.25, -0.2) is 8.42 Å². The summed E-state index contributed by atoms with van der Waals surface area (Å²) in [5.74, 6) is 0.248. The van der Waals surface area contributed by atoms with E-state index >= 15 is 0 Å². The Bertz CT molecular complexity index is 276. The van der Waals surface area contributed by atoms with Crippen LogP contribution >= 0.6 is 0 Å². The minimum Gasteiger partial charge on any atom is -0.303 e. The summed E-state index contributed by atoms with van der Waals surface area (Å²) in [7, 11) is -3.00. The average Bonchev–Trinajstić information content (AvgIpc) is 2.67. The molecule has 0 aliphatic heterocycles. The first-order valence-electron chi connectivity index (χ1n) is 5.24. The van der Waals surface area contributed by atoms with E-state index in [1.54, 1.807) is 6.92 Å². The van der Waals surface area contributed by atoms with Crippen molar-refractivity contribution in [3.63, 3.8) is 0 Å². The molecule has 1 saturated carbocycles. The Morgan fingerprint density at radius 3 is 2.36 bits per heavy atom. The van der Waals surface area contributed by atoms with Gasteiger partial charge in [-0.15, -0.1) is 0 Å². The van der Waals surface area contributed by atoms with Crippen molar-refractivity contribution in [1.29, 1.82) is 0 Å². The zero-order chi connectivity index (χ0) is 10.6. The van der Waals surface area contributed by atoms with Gasteiger partial charge < -0.3 is 4.79 Å². The highest BCUT2D eigenvalue weighted by atomic mass is 32.2. The van der Waals surface area contributed by atoms with Gasteiger partial charge in [0.25, 0.3) is 0 Å². The van der Waals surface area contributed by atoms with E-state index in [9.17, 15) is 13.2 Å². The number of aldehydes is 1. The lowest BCUT2D eigenvalue weighted by Gasteiger charge is -2.16. The van der Waals surface area contributed by atoms with Crippen molar-refractivity contribution in [1.82, 2.24) is 0 Å². The monoisotopic (exact) mass is 218 g/mol. The molecule has 0 aromatic rings. The van der Waals surface area contributed by atoms with E-state index in [4.69, 9.17) is 0 Å². The van der Waals surface area contributed by atoms with E-state index < -0.39 is 9.84 Å². The highest BCUT2D eigenvalue weighted by Gasteiger charge is 2.28. The second-order valence-electron chi connectivity index (χ2n) is 4.04. The number of carbonyl (C=O) groups is 1. The second kappa shape index (κ2) is 4.91. The fourth-order valence-corrected chi connectivity index (χ4v) is 3.26. The van der Waals surface area contributed by atoms with E-state index in [1.165, 1.54) is 0 Å². The minimum atomic E-state index is -3.00. The van der Waals surface area contributed by atoms with Gasteiger partial charge in [-0.1, -0.05) is 19.8 Å². The smallest absolute Gasteiger partial charge is 0.150 e. The molecule has 82 valence electrons. The molecule has 1 atom stereocenters. The van der Waals surface area contributed by atoms with Crippen molar-refractivity contribution >= 4 is 16.1 Å². The molecule has 0 saturated heterocycles. The Morgan fingerprint density at radius 1 is 1.36 bits per heavy atom. The standard InChI is InChI=1S/C10H18O3S/c1-2-14(12,13)8-10(7-11)9-5-3-4-6-9/h7,9-10H,2-6,8H2,1H3/t10-/m1/s1. The Hall–Kier alpha value is -0.380. The lowest BCUT2D eigenvalue weighted by Crippen LogP contribution is -2.24. The summed E-state index contributed by atoms with van der Waals surface area (Å²) < 4.78 is 22.7. The average molecular weight is 218 g/mol. The zero-order valence-corrected chi connectivity index (χ0v) is 9.42. The van der Waals surface area contributed by atoms with Crippen molar-refractivity contribution in [2.75, 3.05) is 11.5 Å². The van der Waals surface area contributed by atoms with Gasteiger partial charge in [0.05, 0.1) is 5.75 Å². The Labute approximate surface area is 85.8 Å². The summed E-state index contributed by atoms with van der Waals surface area (Å²) in [6, 6.07) is 0. The summed E-state index contributed by atoms with van der Waals surface area (Å²) in [4.78, 5) is 10.8. The van der Waals surface area contributed by atoms with Crippen molar-refractivity contribution in [3.05, 3.63) is 0 Å². The van der Waals surface area contributed by atoms with E-state index in [2.05, 4.69) is 0 Å². The van der Waals surface area contributed by atoms with Gasteiger partial charge >= 0.3 is 0 Å². The van der Waals surface area contributed by atoms with Crippen LogP contribution in [-0.4, -0.2) is 26.2 Å². The SMILES string of the molecule is CCS(=O)(=O)C[C@@H](C=O)C1CCCC1. The topological polar surface area (TPSA) is 51.2 Å². The summed E-state index contributed by atoms with van der Waals surface area (Å²) in [5.41, 5.74) is 0. The summed E-state index contributed by atoms with van der Waals surface area (Å²) in [6.45, 7) is 1.63. The lowest BCUT2D eigenvalue weighted by molar-refractivity contribution is -0.111. The number of sulfone groups is 1. The normalized spacial score (nSPS) is 20.9. The molecule has 0 aromatic heterocycles. The molecule has 0 radical (unpaired) electrons.